The van der Waals surface area contributed by atoms with Gasteiger partial charge in [0.15, 0.2) is 17.4 Å². The second-order valence-electron chi connectivity index (χ2n) is 6.05. The number of allylic oxidation sites excluding steroid dienone is 1. The minimum absolute atomic E-state index is 0.0101. The first-order chi connectivity index (χ1) is 12.4. The second-order valence-corrected chi connectivity index (χ2v) is 6.42. The smallest absolute Gasteiger partial charge is 0.259 e. The Hall–Kier alpha value is -2.87. The van der Waals surface area contributed by atoms with Crippen molar-refractivity contribution >= 4 is 23.2 Å². The van der Waals surface area contributed by atoms with Crippen molar-refractivity contribution in [3.63, 3.8) is 0 Å². The first-order valence-electron chi connectivity index (χ1n) is 7.76. The fourth-order valence-electron chi connectivity index (χ4n) is 3.17. The summed E-state index contributed by atoms with van der Waals surface area (Å²) in [4.78, 5) is 28.7. The van der Waals surface area contributed by atoms with E-state index >= 15 is 0 Å². The van der Waals surface area contributed by atoms with Gasteiger partial charge in [-0.25, -0.2) is 0 Å². The lowest BCUT2D eigenvalue weighted by Crippen LogP contribution is -2.45. The van der Waals surface area contributed by atoms with Gasteiger partial charge in [0.2, 0.25) is 11.4 Å². The predicted octanol–water partition coefficient (Wildman–Crippen LogP) is 2.83. The van der Waals surface area contributed by atoms with Crippen molar-refractivity contribution in [3.05, 3.63) is 34.3 Å². The quantitative estimate of drug-likeness (QED) is 0.851. The number of aliphatic hydroxyl groups is 1. The van der Waals surface area contributed by atoms with Gasteiger partial charge in [0, 0.05) is 18.9 Å². The van der Waals surface area contributed by atoms with Crippen LogP contribution in [0.3, 0.4) is 0 Å². The lowest BCUT2D eigenvalue weighted by Gasteiger charge is -2.28. The number of benzene rings is 1. The molecule has 26 heavy (non-hydrogen) atoms. The Bertz CT molecular complexity index is 995. The molecule has 1 aliphatic carbocycles. The Morgan fingerprint density at radius 1 is 1.38 bits per heavy atom. The standard InChI is InChI=1S/C17H13ClN2O6/c1-7-19-16(26-20-7)9-6-10(24-2)12-14(13(9)18)25-17(15(12)23)4-3-8(21)5-11(17)22/h5-6,22H,3-4H2,1-2H3/t17-/m0/s1. The van der Waals surface area contributed by atoms with Crippen molar-refractivity contribution in [1.29, 1.82) is 0 Å². The number of hydrogen-bond acceptors (Lipinski definition) is 8. The van der Waals surface area contributed by atoms with E-state index in [2.05, 4.69) is 10.1 Å². The van der Waals surface area contributed by atoms with Crippen LogP contribution in [0.15, 0.2) is 22.4 Å². The highest BCUT2D eigenvalue weighted by Gasteiger charge is 2.55. The summed E-state index contributed by atoms with van der Waals surface area (Å²) in [6, 6.07) is 1.50. The zero-order valence-electron chi connectivity index (χ0n) is 13.8. The summed E-state index contributed by atoms with van der Waals surface area (Å²) in [7, 11) is 1.39. The number of methoxy groups -OCH3 is 1. The van der Waals surface area contributed by atoms with Crippen LogP contribution in [0.4, 0.5) is 0 Å². The maximum absolute atomic E-state index is 13.0. The van der Waals surface area contributed by atoms with Gasteiger partial charge in [0.1, 0.15) is 17.1 Å². The van der Waals surface area contributed by atoms with Gasteiger partial charge in [-0.3, -0.25) is 9.59 Å². The number of aliphatic hydroxyl groups excluding tert-OH is 1. The predicted molar refractivity (Wildman–Crippen MR) is 88.7 cm³/mol. The van der Waals surface area contributed by atoms with Crippen LogP contribution < -0.4 is 9.47 Å². The van der Waals surface area contributed by atoms with E-state index in [-0.39, 0.29) is 46.6 Å². The fraction of sp³-hybridized carbons (Fsp3) is 0.294. The van der Waals surface area contributed by atoms with Crippen molar-refractivity contribution in [2.24, 2.45) is 0 Å². The van der Waals surface area contributed by atoms with E-state index in [0.717, 1.165) is 6.08 Å². The molecule has 2 heterocycles. The molecule has 1 aromatic carbocycles. The lowest BCUT2D eigenvalue weighted by atomic mass is 9.83. The SMILES string of the molecule is COc1cc(-c2nc(C)no2)c(Cl)c2c1C(=O)[C@@]1(CCC(=O)C=C1O)O2. The molecular weight excluding hydrogens is 364 g/mol. The number of ketones is 2. The number of aromatic nitrogens is 2. The van der Waals surface area contributed by atoms with Crippen molar-refractivity contribution < 1.29 is 28.7 Å². The summed E-state index contributed by atoms with van der Waals surface area (Å²) < 4.78 is 16.3. The van der Waals surface area contributed by atoms with Crippen LogP contribution in [0.1, 0.15) is 29.0 Å². The summed E-state index contributed by atoms with van der Waals surface area (Å²) in [5.74, 6) is -0.429. The van der Waals surface area contributed by atoms with E-state index in [0.29, 0.717) is 11.4 Å². The first kappa shape index (κ1) is 16.6. The number of carbonyl (C=O) groups is 2. The van der Waals surface area contributed by atoms with Crippen LogP contribution >= 0.6 is 11.6 Å². The minimum atomic E-state index is -1.67. The summed E-state index contributed by atoms with van der Waals surface area (Å²) in [5, 5.41) is 14.1. The number of rotatable bonds is 2. The molecule has 0 saturated carbocycles. The largest absolute Gasteiger partial charge is 0.507 e. The molecule has 0 bridgehead atoms. The van der Waals surface area contributed by atoms with Gasteiger partial charge in [-0.1, -0.05) is 16.8 Å². The Kier molecular flexibility index (Phi) is 3.55. The van der Waals surface area contributed by atoms with Gasteiger partial charge in [0.05, 0.1) is 17.7 Å². The second kappa shape index (κ2) is 5.57. The Morgan fingerprint density at radius 2 is 2.15 bits per heavy atom. The Labute approximate surface area is 152 Å². The Balaban J connectivity index is 1.92. The van der Waals surface area contributed by atoms with Crippen LogP contribution in [0.5, 0.6) is 11.5 Å². The highest BCUT2D eigenvalue weighted by atomic mass is 35.5. The van der Waals surface area contributed by atoms with Gasteiger partial charge in [-0.15, -0.1) is 0 Å². The number of hydrogen-bond donors (Lipinski definition) is 1. The van der Waals surface area contributed by atoms with Crippen LogP contribution in [-0.2, 0) is 4.79 Å². The monoisotopic (exact) mass is 376 g/mol. The van der Waals surface area contributed by atoms with E-state index in [1.165, 1.54) is 13.2 Å². The summed E-state index contributed by atoms with van der Waals surface area (Å²) in [6.45, 7) is 1.66. The van der Waals surface area contributed by atoms with E-state index < -0.39 is 17.1 Å². The molecule has 4 rings (SSSR count). The first-order valence-corrected chi connectivity index (χ1v) is 8.14. The number of nitrogens with zero attached hydrogens (tertiary/aromatic N) is 2. The molecule has 1 N–H and O–H groups in total. The third-order valence-electron chi connectivity index (χ3n) is 4.47. The molecule has 1 spiro atoms. The maximum atomic E-state index is 13.0. The molecule has 2 aliphatic rings. The topological polar surface area (TPSA) is 112 Å². The summed E-state index contributed by atoms with van der Waals surface area (Å²) in [5.41, 5.74) is -1.23. The van der Waals surface area contributed by atoms with Gasteiger partial charge in [-0.2, -0.15) is 4.98 Å². The van der Waals surface area contributed by atoms with Gasteiger partial charge in [-0.05, 0) is 13.0 Å². The molecular formula is C17H13ClN2O6. The van der Waals surface area contributed by atoms with Crippen molar-refractivity contribution in [2.75, 3.05) is 7.11 Å². The third-order valence-corrected chi connectivity index (χ3v) is 4.84. The summed E-state index contributed by atoms with van der Waals surface area (Å²) >= 11 is 6.44. The maximum Gasteiger partial charge on any atom is 0.259 e. The number of ether oxygens (including phenoxy) is 2. The van der Waals surface area contributed by atoms with Gasteiger partial charge >= 0.3 is 0 Å². The third kappa shape index (κ3) is 2.15. The van der Waals surface area contributed by atoms with Crippen LogP contribution in [0, 0.1) is 6.92 Å². The molecule has 1 aromatic heterocycles. The molecule has 0 amide bonds. The van der Waals surface area contributed by atoms with E-state index in [1.807, 2.05) is 0 Å². The van der Waals surface area contributed by atoms with E-state index in [1.54, 1.807) is 6.92 Å². The average Bonchev–Trinajstić information content (AvgIpc) is 3.16. The normalized spacial score (nSPS) is 21.6. The van der Waals surface area contributed by atoms with E-state index in [9.17, 15) is 14.7 Å². The highest BCUT2D eigenvalue weighted by molar-refractivity contribution is 6.36. The summed E-state index contributed by atoms with van der Waals surface area (Å²) in [6.07, 6.45) is 1.09. The lowest BCUT2D eigenvalue weighted by molar-refractivity contribution is -0.116. The molecule has 0 fully saturated rings. The fourth-order valence-corrected chi connectivity index (χ4v) is 3.44. The molecule has 9 heteroatoms. The van der Waals surface area contributed by atoms with E-state index in [4.69, 9.17) is 25.6 Å². The molecule has 0 unspecified atom stereocenters. The zero-order chi connectivity index (χ0) is 18.6. The molecule has 134 valence electrons. The number of fused-ring (bicyclic) bond motifs is 1. The zero-order valence-corrected chi connectivity index (χ0v) is 14.6. The average molecular weight is 377 g/mol. The minimum Gasteiger partial charge on any atom is -0.507 e. The number of aryl methyl sites for hydroxylation is 1. The van der Waals surface area contributed by atoms with Crippen LogP contribution in [0.25, 0.3) is 11.5 Å². The van der Waals surface area contributed by atoms with Crippen LogP contribution in [0.2, 0.25) is 5.02 Å². The molecule has 8 nitrogen and oxygen atoms in total. The van der Waals surface area contributed by atoms with Gasteiger partial charge < -0.3 is 19.1 Å². The molecule has 0 radical (unpaired) electrons. The number of halogens is 1. The number of Topliss-reactive ketones (excluding diaryl/α,β-unsaturated/α-hetero) is 1. The molecule has 0 saturated heterocycles. The van der Waals surface area contributed by atoms with Gasteiger partial charge in [0.25, 0.3) is 5.89 Å². The van der Waals surface area contributed by atoms with Crippen molar-refractivity contribution in [2.45, 2.75) is 25.4 Å². The molecule has 1 atom stereocenters. The Morgan fingerprint density at radius 3 is 2.77 bits per heavy atom. The van der Waals surface area contributed by atoms with Crippen LogP contribution in [-0.4, -0.2) is 39.5 Å². The highest BCUT2D eigenvalue weighted by Crippen LogP contribution is 2.52. The van der Waals surface area contributed by atoms with Crippen molar-refractivity contribution in [1.82, 2.24) is 10.1 Å². The number of carbonyl (C=O) groups excluding carboxylic acids is 2. The van der Waals surface area contributed by atoms with Crippen molar-refractivity contribution in [3.8, 4) is 23.0 Å². The molecule has 1 aliphatic heterocycles. The molecule has 2 aromatic rings.